The summed E-state index contributed by atoms with van der Waals surface area (Å²) in [5, 5.41) is 0. The molecule has 0 radical (unpaired) electrons. The predicted octanol–water partition coefficient (Wildman–Crippen LogP) is 2.22. The van der Waals surface area contributed by atoms with Crippen LogP contribution in [0.4, 0.5) is 0 Å². The second-order valence-electron chi connectivity index (χ2n) is 3.63. The zero-order valence-corrected chi connectivity index (χ0v) is 9.44. The van der Waals surface area contributed by atoms with Crippen LogP contribution in [0.3, 0.4) is 0 Å². The molecule has 0 aliphatic carbocycles. The molecule has 0 unspecified atom stereocenters. The van der Waals surface area contributed by atoms with Crippen molar-refractivity contribution in [3.63, 3.8) is 0 Å². The van der Waals surface area contributed by atoms with Gasteiger partial charge in [0.25, 0.3) is 0 Å². The molecule has 1 aromatic rings. The van der Waals surface area contributed by atoms with Gasteiger partial charge in [-0.2, -0.15) is 0 Å². The van der Waals surface area contributed by atoms with Gasteiger partial charge < -0.3 is 4.90 Å². The fourth-order valence-corrected chi connectivity index (χ4v) is 1.38. The van der Waals surface area contributed by atoms with Gasteiger partial charge in [0.2, 0.25) is 5.91 Å². The first-order valence-electron chi connectivity index (χ1n) is 5.07. The second kappa shape index (κ2) is 5.77. The molecule has 1 amide bonds. The second-order valence-corrected chi connectivity index (χ2v) is 3.63. The monoisotopic (exact) mass is 213 g/mol. The van der Waals surface area contributed by atoms with Crippen LogP contribution in [0.1, 0.15) is 12.5 Å². The van der Waals surface area contributed by atoms with Crippen molar-refractivity contribution in [2.45, 2.75) is 13.5 Å². The summed E-state index contributed by atoms with van der Waals surface area (Å²) in [6.07, 6.45) is 5.25. The number of carbonyl (C=O) groups excluding carboxylic acids is 1. The van der Waals surface area contributed by atoms with E-state index in [9.17, 15) is 4.79 Å². The average Bonchev–Trinajstić information content (AvgIpc) is 2.29. The molecule has 0 saturated carbocycles. The largest absolute Gasteiger partial charge is 0.323 e. The van der Waals surface area contributed by atoms with E-state index in [2.05, 4.69) is 12.5 Å². The zero-order valence-electron chi connectivity index (χ0n) is 9.44. The van der Waals surface area contributed by atoms with Crippen molar-refractivity contribution in [3.05, 3.63) is 48.0 Å². The summed E-state index contributed by atoms with van der Waals surface area (Å²) in [6, 6.07) is 9.75. The normalized spacial score (nSPS) is 9.25. The standard InChI is InChI=1S/C14H15NO/c1-4-10-15(14(16)12(2)3)11-13-8-6-5-7-9-13/h1,5-9H,2,10-11H2,3H3. The Morgan fingerprint density at radius 2 is 2.06 bits per heavy atom. The van der Waals surface area contributed by atoms with Crippen molar-refractivity contribution in [1.29, 1.82) is 0 Å². The molecule has 0 aliphatic heterocycles. The summed E-state index contributed by atoms with van der Waals surface area (Å²) in [7, 11) is 0. The molecule has 0 spiro atoms. The van der Waals surface area contributed by atoms with E-state index in [1.54, 1.807) is 11.8 Å². The highest BCUT2D eigenvalue weighted by atomic mass is 16.2. The molecule has 2 nitrogen and oxygen atoms in total. The Labute approximate surface area is 96.6 Å². The molecular weight excluding hydrogens is 198 g/mol. The van der Waals surface area contributed by atoms with E-state index >= 15 is 0 Å². The van der Waals surface area contributed by atoms with Crippen LogP contribution in [0, 0.1) is 12.3 Å². The minimum absolute atomic E-state index is 0.0956. The smallest absolute Gasteiger partial charge is 0.249 e. The maximum absolute atomic E-state index is 11.8. The Hall–Kier alpha value is -2.01. The third-order valence-corrected chi connectivity index (χ3v) is 2.15. The van der Waals surface area contributed by atoms with E-state index < -0.39 is 0 Å². The maximum Gasteiger partial charge on any atom is 0.249 e. The highest BCUT2D eigenvalue weighted by molar-refractivity contribution is 5.92. The number of amides is 1. The Bertz CT molecular complexity index is 414. The SMILES string of the molecule is C#CCN(Cc1ccccc1)C(=O)C(=C)C. The van der Waals surface area contributed by atoms with E-state index in [1.165, 1.54) is 0 Å². The topological polar surface area (TPSA) is 20.3 Å². The van der Waals surface area contributed by atoms with Crippen molar-refractivity contribution in [1.82, 2.24) is 4.90 Å². The first-order chi connectivity index (χ1) is 7.65. The van der Waals surface area contributed by atoms with Gasteiger partial charge in [-0.15, -0.1) is 6.42 Å². The van der Waals surface area contributed by atoms with Crippen LogP contribution in [0.15, 0.2) is 42.5 Å². The first kappa shape index (κ1) is 12.1. The third kappa shape index (κ3) is 3.29. The highest BCUT2D eigenvalue weighted by Gasteiger charge is 2.12. The lowest BCUT2D eigenvalue weighted by Gasteiger charge is -2.20. The van der Waals surface area contributed by atoms with Gasteiger partial charge >= 0.3 is 0 Å². The number of terminal acetylenes is 1. The number of hydrogen-bond donors (Lipinski definition) is 0. The third-order valence-electron chi connectivity index (χ3n) is 2.15. The summed E-state index contributed by atoms with van der Waals surface area (Å²) in [6.45, 7) is 6.16. The number of nitrogens with zero attached hydrogens (tertiary/aromatic N) is 1. The average molecular weight is 213 g/mol. The van der Waals surface area contributed by atoms with Crippen LogP contribution in [0.5, 0.6) is 0 Å². The molecule has 82 valence electrons. The van der Waals surface area contributed by atoms with Crippen LogP contribution in [-0.4, -0.2) is 17.4 Å². The minimum atomic E-state index is -0.0956. The zero-order chi connectivity index (χ0) is 12.0. The first-order valence-corrected chi connectivity index (χ1v) is 5.07. The number of benzene rings is 1. The summed E-state index contributed by atoms with van der Waals surface area (Å²) in [5.41, 5.74) is 1.57. The fourth-order valence-electron chi connectivity index (χ4n) is 1.38. The van der Waals surface area contributed by atoms with E-state index in [1.807, 2.05) is 30.3 Å². The highest BCUT2D eigenvalue weighted by Crippen LogP contribution is 2.07. The Balaban J connectivity index is 2.77. The molecule has 0 aromatic heterocycles. The van der Waals surface area contributed by atoms with E-state index in [-0.39, 0.29) is 5.91 Å². The molecule has 2 heteroatoms. The maximum atomic E-state index is 11.8. The van der Waals surface area contributed by atoms with Gasteiger partial charge in [-0.3, -0.25) is 4.79 Å². The summed E-state index contributed by atoms with van der Waals surface area (Å²) >= 11 is 0. The molecular formula is C14H15NO. The molecule has 0 N–H and O–H groups in total. The lowest BCUT2D eigenvalue weighted by Crippen LogP contribution is -2.31. The quantitative estimate of drug-likeness (QED) is 0.555. The van der Waals surface area contributed by atoms with Crippen molar-refractivity contribution < 1.29 is 4.79 Å². The van der Waals surface area contributed by atoms with Gasteiger partial charge in [-0.1, -0.05) is 42.8 Å². The van der Waals surface area contributed by atoms with Crippen LogP contribution >= 0.6 is 0 Å². The summed E-state index contributed by atoms with van der Waals surface area (Å²) in [5.74, 6) is 2.39. The fraction of sp³-hybridized carbons (Fsp3) is 0.214. The summed E-state index contributed by atoms with van der Waals surface area (Å²) in [4.78, 5) is 13.4. The van der Waals surface area contributed by atoms with Gasteiger partial charge in [-0.25, -0.2) is 0 Å². The van der Waals surface area contributed by atoms with E-state index in [4.69, 9.17) is 6.42 Å². The molecule has 0 saturated heterocycles. The van der Waals surface area contributed by atoms with Crippen LogP contribution < -0.4 is 0 Å². The molecule has 0 atom stereocenters. The van der Waals surface area contributed by atoms with E-state index in [0.29, 0.717) is 18.7 Å². The molecule has 0 aliphatic rings. The van der Waals surface area contributed by atoms with Crippen molar-refractivity contribution in [2.75, 3.05) is 6.54 Å². The number of hydrogen-bond acceptors (Lipinski definition) is 1. The molecule has 0 bridgehead atoms. The minimum Gasteiger partial charge on any atom is -0.323 e. The van der Waals surface area contributed by atoms with Gasteiger partial charge in [0.15, 0.2) is 0 Å². The Kier molecular flexibility index (Phi) is 4.35. The Morgan fingerprint density at radius 1 is 1.44 bits per heavy atom. The molecule has 0 heterocycles. The number of carbonyl (C=O) groups is 1. The van der Waals surface area contributed by atoms with Gasteiger partial charge in [0, 0.05) is 12.1 Å². The summed E-state index contributed by atoms with van der Waals surface area (Å²) < 4.78 is 0. The lowest BCUT2D eigenvalue weighted by atomic mass is 10.2. The molecule has 0 fully saturated rings. The molecule has 1 aromatic carbocycles. The van der Waals surface area contributed by atoms with Crippen LogP contribution in [0.2, 0.25) is 0 Å². The lowest BCUT2D eigenvalue weighted by molar-refractivity contribution is -0.127. The molecule has 16 heavy (non-hydrogen) atoms. The van der Waals surface area contributed by atoms with E-state index in [0.717, 1.165) is 5.56 Å². The van der Waals surface area contributed by atoms with Crippen molar-refractivity contribution in [3.8, 4) is 12.3 Å². The molecule has 1 rings (SSSR count). The van der Waals surface area contributed by atoms with Crippen LogP contribution in [-0.2, 0) is 11.3 Å². The Morgan fingerprint density at radius 3 is 2.56 bits per heavy atom. The van der Waals surface area contributed by atoms with Gasteiger partial charge in [-0.05, 0) is 12.5 Å². The number of rotatable bonds is 4. The predicted molar refractivity (Wildman–Crippen MR) is 65.5 cm³/mol. The van der Waals surface area contributed by atoms with Gasteiger partial charge in [0.1, 0.15) is 0 Å². The van der Waals surface area contributed by atoms with Crippen molar-refractivity contribution in [2.24, 2.45) is 0 Å². The van der Waals surface area contributed by atoms with Gasteiger partial charge in [0.05, 0.1) is 6.54 Å². The van der Waals surface area contributed by atoms with Crippen LogP contribution in [0.25, 0.3) is 0 Å². The van der Waals surface area contributed by atoms with Crippen molar-refractivity contribution >= 4 is 5.91 Å².